The highest BCUT2D eigenvalue weighted by molar-refractivity contribution is 7.89. The summed E-state index contributed by atoms with van der Waals surface area (Å²) in [4.78, 5) is 28.2. The molecule has 0 bridgehead atoms. The van der Waals surface area contributed by atoms with E-state index in [1.54, 1.807) is 11.0 Å². The fourth-order valence-electron chi connectivity index (χ4n) is 4.58. The van der Waals surface area contributed by atoms with Gasteiger partial charge in [-0.15, -0.1) is 0 Å². The Balaban J connectivity index is 1.27. The van der Waals surface area contributed by atoms with Crippen LogP contribution in [-0.2, 0) is 25.8 Å². The zero-order valence-electron chi connectivity index (χ0n) is 18.9. The molecule has 0 saturated carbocycles. The largest absolute Gasteiger partial charge is 0.486 e. The number of alkyl halides is 3. The zero-order chi connectivity index (χ0) is 25.7. The van der Waals surface area contributed by atoms with Crippen LogP contribution >= 0.6 is 0 Å². The van der Waals surface area contributed by atoms with Crippen molar-refractivity contribution in [2.75, 3.05) is 44.3 Å². The first-order valence-electron chi connectivity index (χ1n) is 11.2. The Morgan fingerprint density at radius 3 is 2.28 bits per heavy atom. The number of benzene rings is 2. The van der Waals surface area contributed by atoms with E-state index in [9.17, 15) is 31.2 Å². The molecule has 13 heteroatoms. The van der Waals surface area contributed by atoms with Gasteiger partial charge in [0.15, 0.2) is 11.5 Å². The number of amides is 2. The molecule has 2 fully saturated rings. The topological polar surface area (TPSA) is 96.5 Å². The highest BCUT2D eigenvalue weighted by atomic mass is 32.2. The van der Waals surface area contributed by atoms with Gasteiger partial charge in [-0.05, 0) is 30.3 Å². The van der Waals surface area contributed by atoms with Gasteiger partial charge in [-0.1, -0.05) is 6.07 Å². The standard InChI is InChI=1S/C23H22F3N3O6S/c24-23(25,26)15-2-1-3-16(12-15)29-21(30)14-18(22(29)31)27-6-8-28(9-7-27)36(32,33)17-4-5-19-20(13-17)35-11-10-34-19/h1-5,12-13,18H,6-11,14H2. The molecule has 2 aromatic carbocycles. The van der Waals surface area contributed by atoms with E-state index in [2.05, 4.69) is 0 Å². The molecule has 0 spiro atoms. The van der Waals surface area contributed by atoms with Crippen molar-refractivity contribution in [2.24, 2.45) is 0 Å². The molecule has 5 rings (SSSR count). The van der Waals surface area contributed by atoms with E-state index in [1.165, 1.54) is 22.5 Å². The van der Waals surface area contributed by atoms with Crippen LogP contribution in [0, 0.1) is 0 Å². The van der Waals surface area contributed by atoms with Crippen molar-refractivity contribution in [3.8, 4) is 11.5 Å². The van der Waals surface area contributed by atoms with E-state index < -0.39 is 39.6 Å². The first-order valence-corrected chi connectivity index (χ1v) is 12.7. The molecular formula is C23H22F3N3O6S. The van der Waals surface area contributed by atoms with Crippen molar-refractivity contribution >= 4 is 27.5 Å². The molecule has 3 heterocycles. The van der Waals surface area contributed by atoms with Crippen LogP contribution < -0.4 is 14.4 Å². The predicted molar refractivity (Wildman–Crippen MR) is 120 cm³/mol. The molecule has 2 aromatic rings. The number of carbonyl (C=O) groups is 2. The molecule has 1 atom stereocenters. The fourth-order valence-corrected chi connectivity index (χ4v) is 6.02. The maximum absolute atomic E-state index is 13.2. The van der Waals surface area contributed by atoms with Gasteiger partial charge in [0.25, 0.3) is 5.91 Å². The third-order valence-corrected chi connectivity index (χ3v) is 8.31. The van der Waals surface area contributed by atoms with E-state index in [4.69, 9.17) is 9.47 Å². The molecule has 0 radical (unpaired) electrons. The maximum atomic E-state index is 13.2. The summed E-state index contributed by atoms with van der Waals surface area (Å²) in [6, 6.07) is 7.61. The number of hydrogen-bond donors (Lipinski definition) is 0. The molecule has 0 aliphatic carbocycles. The number of rotatable bonds is 4. The van der Waals surface area contributed by atoms with Gasteiger partial charge in [-0.25, -0.2) is 13.3 Å². The lowest BCUT2D eigenvalue weighted by atomic mass is 10.1. The summed E-state index contributed by atoms with van der Waals surface area (Å²) < 4.78 is 77.8. The van der Waals surface area contributed by atoms with Crippen molar-refractivity contribution < 1.29 is 40.7 Å². The number of fused-ring (bicyclic) bond motifs is 1. The van der Waals surface area contributed by atoms with Gasteiger partial charge < -0.3 is 9.47 Å². The van der Waals surface area contributed by atoms with E-state index in [0.717, 1.165) is 23.1 Å². The lowest BCUT2D eigenvalue weighted by molar-refractivity contribution is -0.137. The minimum Gasteiger partial charge on any atom is -0.486 e. The number of hydrogen-bond acceptors (Lipinski definition) is 7. The van der Waals surface area contributed by atoms with Gasteiger partial charge in [-0.3, -0.25) is 14.5 Å². The number of anilines is 1. The molecule has 2 amide bonds. The smallest absolute Gasteiger partial charge is 0.416 e. The predicted octanol–water partition coefficient (Wildman–Crippen LogP) is 2.12. The van der Waals surface area contributed by atoms with Crippen LogP contribution in [0.4, 0.5) is 18.9 Å². The number of piperazine rings is 1. The molecule has 3 aliphatic rings. The summed E-state index contributed by atoms with van der Waals surface area (Å²) in [6.45, 7) is 1.24. The molecule has 1 unspecified atom stereocenters. The molecule has 36 heavy (non-hydrogen) atoms. The number of ether oxygens (including phenoxy) is 2. The quantitative estimate of drug-likeness (QED) is 0.565. The lowest BCUT2D eigenvalue weighted by Gasteiger charge is -2.36. The Kier molecular flexibility index (Phi) is 6.17. The number of carbonyl (C=O) groups excluding carboxylic acids is 2. The minimum atomic E-state index is -4.61. The Labute approximate surface area is 205 Å². The van der Waals surface area contributed by atoms with Gasteiger partial charge in [-0.2, -0.15) is 17.5 Å². The number of nitrogens with zero attached hydrogens (tertiary/aromatic N) is 3. The van der Waals surface area contributed by atoms with E-state index in [-0.39, 0.29) is 43.2 Å². The first kappa shape index (κ1) is 24.5. The average molecular weight is 526 g/mol. The van der Waals surface area contributed by atoms with Crippen LogP contribution in [0.3, 0.4) is 0 Å². The van der Waals surface area contributed by atoms with E-state index >= 15 is 0 Å². The van der Waals surface area contributed by atoms with E-state index in [1.807, 2.05) is 0 Å². The minimum absolute atomic E-state index is 0.0584. The molecule has 0 aromatic heterocycles. The van der Waals surface area contributed by atoms with Crippen molar-refractivity contribution in [2.45, 2.75) is 23.5 Å². The average Bonchev–Trinajstić information content (AvgIpc) is 3.17. The lowest BCUT2D eigenvalue weighted by Crippen LogP contribution is -2.53. The number of sulfonamides is 1. The van der Waals surface area contributed by atoms with Crippen molar-refractivity contribution in [3.63, 3.8) is 0 Å². The SMILES string of the molecule is O=C1CC(N2CCN(S(=O)(=O)c3ccc4c(c3)OCCO4)CC2)C(=O)N1c1cccc(C(F)(F)F)c1. The second kappa shape index (κ2) is 9.05. The third-order valence-electron chi connectivity index (χ3n) is 6.42. The monoisotopic (exact) mass is 525 g/mol. The summed E-state index contributed by atoms with van der Waals surface area (Å²) >= 11 is 0. The molecule has 9 nitrogen and oxygen atoms in total. The second-order valence-electron chi connectivity index (χ2n) is 8.58. The Bertz CT molecular complexity index is 1310. The Hall–Kier alpha value is -3.16. The fraction of sp³-hybridized carbons (Fsp3) is 0.391. The van der Waals surface area contributed by atoms with Gasteiger partial charge in [0.05, 0.1) is 28.6 Å². The number of halogens is 3. The molecule has 3 aliphatic heterocycles. The summed E-state index contributed by atoms with van der Waals surface area (Å²) in [5.74, 6) is -0.399. The van der Waals surface area contributed by atoms with Crippen molar-refractivity contribution in [1.29, 1.82) is 0 Å². The van der Waals surface area contributed by atoms with Gasteiger partial charge >= 0.3 is 6.18 Å². The van der Waals surface area contributed by atoms with Crippen LogP contribution in [0.15, 0.2) is 47.4 Å². The van der Waals surface area contributed by atoms with E-state index in [0.29, 0.717) is 24.7 Å². The second-order valence-corrected chi connectivity index (χ2v) is 10.5. The van der Waals surface area contributed by atoms with Crippen LogP contribution in [-0.4, -0.2) is 74.9 Å². The highest BCUT2D eigenvalue weighted by Crippen LogP contribution is 2.35. The molecule has 192 valence electrons. The van der Waals surface area contributed by atoms with Crippen molar-refractivity contribution in [3.05, 3.63) is 48.0 Å². The van der Waals surface area contributed by atoms with Gasteiger partial charge in [0, 0.05) is 32.2 Å². The summed E-state index contributed by atoms with van der Waals surface area (Å²) in [7, 11) is -3.84. The zero-order valence-corrected chi connectivity index (χ0v) is 19.7. The summed E-state index contributed by atoms with van der Waals surface area (Å²) in [5, 5.41) is 0. The molecule has 0 N–H and O–H groups in total. The summed E-state index contributed by atoms with van der Waals surface area (Å²) in [6.07, 6.45) is -4.80. The molecular weight excluding hydrogens is 503 g/mol. The van der Waals surface area contributed by atoms with Crippen LogP contribution in [0.1, 0.15) is 12.0 Å². The normalized spacial score (nSPS) is 21.8. The number of imide groups is 1. The van der Waals surface area contributed by atoms with Gasteiger partial charge in [0.2, 0.25) is 15.9 Å². The highest BCUT2D eigenvalue weighted by Gasteiger charge is 2.44. The van der Waals surface area contributed by atoms with Crippen LogP contribution in [0.2, 0.25) is 0 Å². The summed E-state index contributed by atoms with van der Waals surface area (Å²) in [5.41, 5.74) is -1.09. The third kappa shape index (κ3) is 4.42. The van der Waals surface area contributed by atoms with Crippen LogP contribution in [0.25, 0.3) is 0 Å². The van der Waals surface area contributed by atoms with Crippen LogP contribution in [0.5, 0.6) is 11.5 Å². The van der Waals surface area contributed by atoms with Crippen molar-refractivity contribution in [1.82, 2.24) is 9.21 Å². The Morgan fingerprint density at radius 1 is 0.889 bits per heavy atom. The first-order chi connectivity index (χ1) is 17.1. The molecule has 2 saturated heterocycles. The Morgan fingerprint density at radius 2 is 1.58 bits per heavy atom. The van der Waals surface area contributed by atoms with Gasteiger partial charge in [0.1, 0.15) is 13.2 Å². The maximum Gasteiger partial charge on any atom is 0.416 e.